The molecular weight excluding hydrogens is 382 g/mol. The van der Waals surface area contributed by atoms with Crippen LogP contribution in [0.3, 0.4) is 0 Å². The molecule has 0 spiro atoms. The normalized spacial score (nSPS) is 20.0. The molecule has 7 heteroatoms. The Morgan fingerprint density at radius 2 is 2.07 bits per heavy atom. The Hall–Kier alpha value is -1.99. The number of hydrogen-bond acceptors (Lipinski definition) is 5. The lowest BCUT2D eigenvalue weighted by molar-refractivity contribution is -0.0835. The van der Waals surface area contributed by atoms with Gasteiger partial charge < -0.3 is 30.0 Å². The van der Waals surface area contributed by atoms with Crippen LogP contribution in [-0.4, -0.2) is 57.2 Å². The molecule has 1 heterocycles. The van der Waals surface area contributed by atoms with Gasteiger partial charge in [-0.1, -0.05) is 26.8 Å². The zero-order valence-electron chi connectivity index (χ0n) is 19.2. The summed E-state index contributed by atoms with van der Waals surface area (Å²) in [5, 5.41) is 15.8. The molecule has 0 bridgehead atoms. The third-order valence-corrected chi connectivity index (χ3v) is 5.17. The number of guanidine groups is 1. The zero-order chi connectivity index (χ0) is 22.0. The van der Waals surface area contributed by atoms with Gasteiger partial charge in [0.1, 0.15) is 6.61 Å². The number of benzene rings is 1. The highest BCUT2D eigenvalue weighted by Gasteiger charge is 2.35. The molecule has 0 amide bonds. The molecule has 2 rings (SSSR count). The highest BCUT2D eigenvalue weighted by Crippen LogP contribution is 2.33. The molecule has 7 nitrogen and oxygen atoms in total. The first-order chi connectivity index (χ1) is 14.4. The van der Waals surface area contributed by atoms with Crippen LogP contribution in [0.25, 0.3) is 0 Å². The van der Waals surface area contributed by atoms with E-state index in [9.17, 15) is 0 Å². The second-order valence-electron chi connectivity index (χ2n) is 8.69. The van der Waals surface area contributed by atoms with Crippen molar-refractivity contribution >= 4 is 5.96 Å². The summed E-state index contributed by atoms with van der Waals surface area (Å²) in [6.45, 7) is 12.0. The molecule has 1 fully saturated rings. The fraction of sp³-hybridized carbons (Fsp3) is 0.696. The molecule has 1 saturated heterocycles. The van der Waals surface area contributed by atoms with E-state index in [-0.39, 0.29) is 24.7 Å². The topological polar surface area (TPSA) is 84.3 Å². The van der Waals surface area contributed by atoms with Crippen LogP contribution in [0, 0.1) is 11.3 Å². The summed E-state index contributed by atoms with van der Waals surface area (Å²) in [6.07, 6.45) is 2.52. The van der Waals surface area contributed by atoms with E-state index < -0.39 is 0 Å². The van der Waals surface area contributed by atoms with Crippen molar-refractivity contribution in [1.82, 2.24) is 10.6 Å². The molecule has 2 unspecified atom stereocenters. The van der Waals surface area contributed by atoms with E-state index in [1.54, 1.807) is 7.11 Å². The maximum absolute atomic E-state index is 8.94. The molecule has 3 N–H and O–H groups in total. The van der Waals surface area contributed by atoms with Crippen LogP contribution in [0.4, 0.5) is 0 Å². The van der Waals surface area contributed by atoms with Crippen LogP contribution in [0.5, 0.6) is 11.5 Å². The lowest BCUT2D eigenvalue weighted by Gasteiger charge is -2.40. The van der Waals surface area contributed by atoms with Gasteiger partial charge in [0, 0.05) is 25.6 Å². The number of nitrogens with zero attached hydrogens (tertiary/aromatic N) is 1. The Morgan fingerprint density at radius 3 is 2.73 bits per heavy atom. The lowest BCUT2D eigenvalue weighted by atomic mass is 9.78. The van der Waals surface area contributed by atoms with Crippen LogP contribution >= 0.6 is 0 Å². The van der Waals surface area contributed by atoms with Crippen LogP contribution in [-0.2, 0) is 11.3 Å². The number of nitrogens with one attached hydrogen (secondary N) is 2. The average molecular weight is 422 g/mol. The van der Waals surface area contributed by atoms with Crippen molar-refractivity contribution in [3.05, 3.63) is 23.8 Å². The van der Waals surface area contributed by atoms with Crippen molar-refractivity contribution in [1.29, 1.82) is 0 Å². The van der Waals surface area contributed by atoms with E-state index in [4.69, 9.17) is 24.3 Å². The summed E-state index contributed by atoms with van der Waals surface area (Å²) in [4.78, 5) is 4.74. The fourth-order valence-electron chi connectivity index (χ4n) is 3.83. The predicted molar refractivity (Wildman–Crippen MR) is 120 cm³/mol. The van der Waals surface area contributed by atoms with Gasteiger partial charge in [0.25, 0.3) is 0 Å². The van der Waals surface area contributed by atoms with Gasteiger partial charge in [-0.2, -0.15) is 0 Å². The molecule has 2 atom stereocenters. The summed E-state index contributed by atoms with van der Waals surface area (Å²) >= 11 is 0. The average Bonchev–Trinajstić information content (AvgIpc) is 2.74. The Balaban J connectivity index is 2.01. The maximum atomic E-state index is 8.94. The molecule has 170 valence electrons. The van der Waals surface area contributed by atoms with Crippen molar-refractivity contribution in [2.75, 3.05) is 40.0 Å². The van der Waals surface area contributed by atoms with Gasteiger partial charge in [0.05, 0.1) is 26.4 Å². The molecule has 30 heavy (non-hydrogen) atoms. The molecule has 0 radical (unpaired) electrons. The van der Waals surface area contributed by atoms with Gasteiger partial charge in [-0.3, -0.25) is 0 Å². The van der Waals surface area contributed by atoms with E-state index in [1.807, 2.05) is 18.2 Å². The van der Waals surface area contributed by atoms with Gasteiger partial charge in [0.15, 0.2) is 17.5 Å². The van der Waals surface area contributed by atoms with Gasteiger partial charge in [0.2, 0.25) is 0 Å². The summed E-state index contributed by atoms with van der Waals surface area (Å²) in [6, 6.07) is 5.74. The Morgan fingerprint density at radius 1 is 1.27 bits per heavy atom. The minimum Gasteiger partial charge on any atom is -0.493 e. The number of rotatable bonds is 9. The van der Waals surface area contributed by atoms with E-state index in [2.05, 4.69) is 38.3 Å². The van der Waals surface area contributed by atoms with E-state index in [0.717, 1.165) is 37.6 Å². The van der Waals surface area contributed by atoms with Gasteiger partial charge >= 0.3 is 0 Å². The monoisotopic (exact) mass is 421 g/mol. The van der Waals surface area contributed by atoms with Crippen molar-refractivity contribution in [2.24, 2.45) is 16.3 Å². The standard InChI is InChI=1S/C23H39N3O4/c1-6-24-22(26-16-18-8-7-12-30-21(18)23(2,3)4)25-15-17-9-10-19(29-13-11-27)20(14-17)28-5/h9-10,14,18,21,27H,6-8,11-13,15-16H2,1-5H3,(H2,24,25,26). The number of methoxy groups -OCH3 is 1. The quantitative estimate of drug-likeness (QED) is 0.420. The third kappa shape index (κ3) is 7.36. The molecule has 0 aliphatic carbocycles. The number of aliphatic imine (C=N–C) groups is 1. The van der Waals surface area contributed by atoms with Crippen LogP contribution in [0.15, 0.2) is 23.2 Å². The smallest absolute Gasteiger partial charge is 0.191 e. The first kappa shape index (κ1) is 24.3. The minimum atomic E-state index is -0.0327. The second kappa shape index (κ2) is 12.0. The molecule has 1 aromatic carbocycles. The molecule has 1 aromatic rings. The van der Waals surface area contributed by atoms with Crippen LogP contribution in [0.2, 0.25) is 0 Å². The van der Waals surface area contributed by atoms with Crippen molar-refractivity contribution in [3.8, 4) is 11.5 Å². The SMILES string of the molecule is CCNC(=NCc1ccc(OCCO)c(OC)c1)NCC1CCCOC1C(C)(C)C. The van der Waals surface area contributed by atoms with E-state index in [1.165, 1.54) is 6.42 Å². The number of hydrogen-bond donors (Lipinski definition) is 3. The minimum absolute atomic E-state index is 0.0327. The van der Waals surface area contributed by atoms with Crippen molar-refractivity contribution in [3.63, 3.8) is 0 Å². The van der Waals surface area contributed by atoms with Gasteiger partial charge in [-0.25, -0.2) is 4.99 Å². The zero-order valence-corrected chi connectivity index (χ0v) is 19.2. The summed E-state index contributed by atoms with van der Waals surface area (Å²) in [5.74, 6) is 2.53. The Bertz CT molecular complexity index is 673. The summed E-state index contributed by atoms with van der Waals surface area (Å²) in [5.41, 5.74) is 1.15. The first-order valence-corrected chi connectivity index (χ1v) is 10.9. The number of ether oxygens (including phenoxy) is 3. The number of aliphatic hydroxyl groups is 1. The lowest BCUT2D eigenvalue weighted by Crippen LogP contribution is -2.47. The van der Waals surface area contributed by atoms with E-state index >= 15 is 0 Å². The summed E-state index contributed by atoms with van der Waals surface area (Å²) in [7, 11) is 1.61. The molecule has 0 saturated carbocycles. The first-order valence-electron chi connectivity index (χ1n) is 10.9. The highest BCUT2D eigenvalue weighted by atomic mass is 16.5. The molecular formula is C23H39N3O4. The van der Waals surface area contributed by atoms with Crippen molar-refractivity contribution < 1.29 is 19.3 Å². The molecule has 1 aliphatic rings. The molecule has 0 aromatic heterocycles. The van der Waals surface area contributed by atoms with Gasteiger partial charge in [-0.05, 0) is 42.9 Å². The number of aliphatic hydroxyl groups excluding tert-OH is 1. The van der Waals surface area contributed by atoms with Gasteiger partial charge in [-0.15, -0.1) is 0 Å². The largest absolute Gasteiger partial charge is 0.493 e. The Labute approximate surface area is 181 Å². The second-order valence-corrected chi connectivity index (χ2v) is 8.69. The van der Waals surface area contributed by atoms with Crippen LogP contribution < -0.4 is 20.1 Å². The van der Waals surface area contributed by atoms with Crippen LogP contribution in [0.1, 0.15) is 46.1 Å². The Kier molecular flexibility index (Phi) is 9.72. The third-order valence-electron chi connectivity index (χ3n) is 5.17. The van der Waals surface area contributed by atoms with E-state index in [0.29, 0.717) is 24.0 Å². The fourth-order valence-corrected chi connectivity index (χ4v) is 3.83. The summed E-state index contributed by atoms with van der Waals surface area (Å²) < 4.78 is 17.0. The predicted octanol–water partition coefficient (Wildman–Crippen LogP) is 2.96. The highest BCUT2D eigenvalue weighted by molar-refractivity contribution is 5.79. The maximum Gasteiger partial charge on any atom is 0.191 e. The molecule has 1 aliphatic heterocycles. The van der Waals surface area contributed by atoms with Crippen molar-refractivity contribution in [2.45, 2.75) is 53.2 Å².